The Hall–Kier alpha value is -1.55. The minimum atomic E-state index is 0.254. The zero-order chi connectivity index (χ0) is 16.3. The third-order valence-corrected chi connectivity index (χ3v) is 4.31. The van der Waals surface area contributed by atoms with Crippen LogP contribution in [-0.4, -0.2) is 43.6 Å². The maximum Gasteiger partial charge on any atom is 0.222 e. The summed E-state index contributed by atoms with van der Waals surface area (Å²) in [6.45, 7) is 6.45. The van der Waals surface area contributed by atoms with Gasteiger partial charge in [-0.3, -0.25) is 4.79 Å². The summed E-state index contributed by atoms with van der Waals surface area (Å²) in [5, 5.41) is 3.28. The first kappa shape index (κ1) is 17.8. The summed E-state index contributed by atoms with van der Waals surface area (Å²) in [6, 6.07) is 8.12. The molecule has 23 heavy (non-hydrogen) atoms. The topological polar surface area (TPSA) is 41.6 Å². The van der Waals surface area contributed by atoms with Gasteiger partial charge in [0.05, 0.1) is 6.61 Å². The first-order chi connectivity index (χ1) is 11.3. The van der Waals surface area contributed by atoms with E-state index in [1.807, 2.05) is 23.1 Å². The summed E-state index contributed by atoms with van der Waals surface area (Å²) in [7, 11) is 0. The van der Waals surface area contributed by atoms with Gasteiger partial charge in [0, 0.05) is 32.6 Å². The molecule has 0 radical (unpaired) electrons. The number of carbonyl (C=O) groups is 1. The van der Waals surface area contributed by atoms with Crippen molar-refractivity contribution in [2.75, 3.05) is 32.8 Å². The van der Waals surface area contributed by atoms with Crippen LogP contribution >= 0.6 is 0 Å². The van der Waals surface area contributed by atoms with Crippen molar-refractivity contribution in [1.82, 2.24) is 10.2 Å². The molecule has 0 atom stereocenters. The van der Waals surface area contributed by atoms with Gasteiger partial charge in [-0.05, 0) is 24.5 Å². The summed E-state index contributed by atoms with van der Waals surface area (Å²) in [4.78, 5) is 14.2. The molecule has 0 aromatic heterocycles. The molecule has 1 aliphatic rings. The van der Waals surface area contributed by atoms with Crippen LogP contribution in [0.2, 0.25) is 0 Å². The van der Waals surface area contributed by atoms with E-state index in [4.69, 9.17) is 4.74 Å². The number of nitrogens with zero attached hydrogens (tertiary/aromatic N) is 1. The van der Waals surface area contributed by atoms with Gasteiger partial charge < -0.3 is 15.0 Å². The molecular formula is C19H30N2O2. The summed E-state index contributed by atoms with van der Waals surface area (Å²) in [5.41, 5.74) is 1.14. The van der Waals surface area contributed by atoms with E-state index in [1.165, 1.54) is 19.3 Å². The summed E-state index contributed by atoms with van der Waals surface area (Å²) >= 11 is 0. The highest BCUT2D eigenvalue weighted by molar-refractivity contribution is 5.76. The van der Waals surface area contributed by atoms with Gasteiger partial charge >= 0.3 is 0 Å². The highest BCUT2D eigenvalue weighted by atomic mass is 16.5. The zero-order valence-electron chi connectivity index (χ0n) is 14.4. The molecule has 4 nitrogen and oxygen atoms in total. The molecule has 2 rings (SSSR count). The number of unbranched alkanes of at least 4 members (excludes halogenated alkanes) is 3. The number of piperazine rings is 1. The number of rotatable bonds is 9. The van der Waals surface area contributed by atoms with Gasteiger partial charge in [-0.25, -0.2) is 0 Å². The molecule has 4 heteroatoms. The SMILES string of the molecule is CCCCCCOc1ccccc1CCC(=O)N1CCNCC1. The van der Waals surface area contributed by atoms with Crippen LogP contribution in [0.5, 0.6) is 5.75 Å². The van der Waals surface area contributed by atoms with Crippen LogP contribution in [0.25, 0.3) is 0 Å². The normalized spacial score (nSPS) is 14.7. The van der Waals surface area contributed by atoms with Gasteiger partial charge in [0.25, 0.3) is 0 Å². The van der Waals surface area contributed by atoms with Crippen molar-refractivity contribution >= 4 is 5.91 Å². The Morgan fingerprint density at radius 2 is 1.96 bits per heavy atom. The molecule has 1 aromatic carbocycles. The number of para-hydroxylation sites is 1. The summed E-state index contributed by atoms with van der Waals surface area (Å²) in [5.74, 6) is 1.20. The van der Waals surface area contributed by atoms with Crippen molar-refractivity contribution in [2.45, 2.75) is 45.4 Å². The molecule has 0 aliphatic carbocycles. The van der Waals surface area contributed by atoms with Crippen molar-refractivity contribution in [1.29, 1.82) is 0 Å². The molecule has 1 aliphatic heterocycles. The van der Waals surface area contributed by atoms with Crippen LogP contribution in [0.1, 0.15) is 44.6 Å². The fraction of sp³-hybridized carbons (Fsp3) is 0.632. The number of nitrogens with one attached hydrogen (secondary N) is 1. The van der Waals surface area contributed by atoms with Gasteiger partial charge in [0.15, 0.2) is 0 Å². The van der Waals surface area contributed by atoms with Gasteiger partial charge in [0.1, 0.15) is 5.75 Å². The molecule has 1 aromatic rings. The lowest BCUT2D eigenvalue weighted by molar-refractivity contribution is -0.131. The standard InChI is InChI=1S/C19H30N2O2/c1-2-3-4-7-16-23-18-9-6-5-8-17(18)10-11-19(22)21-14-12-20-13-15-21/h5-6,8-9,20H,2-4,7,10-16H2,1H3. The highest BCUT2D eigenvalue weighted by Crippen LogP contribution is 2.20. The number of carbonyl (C=O) groups excluding carboxylic acids is 1. The predicted molar refractivity (Wildman–Crippen MR) is 93.8 cm³/mol. The molecule has 1 saturated heterocycles. The summed E-state index contributed by atoms with van der Waals surface area (Å²) < 4.78 is 5.93. The lowest BCUT2D eigenvalue weighted by Crippen LogP contribution is -2.46. The molecule has 0 saturated carbocycles. The van der Waals surface area contributed by atoms with Crippen LogP contribution in [0.3, 0.4) is 0 Å². The Balaban J connectivity index is 1.78. The molecule has 1 N–H and O–H groups in total. The minimum absolute atomic E-state index is 0.254. The number of benzene rings is 1. The molecule has 0 spiro atoms. The van der Waals surface area contributed by atoms with Crippen LogP contribution in [0.15, 0.2) is 24.3 Å². The van der Waals surface area contributed by atoms with Gasteiger partial charge in [0.2, 0.25) is 5.91 Å². The molecular weight excluding hydrogens is 288 g/mol. The van der Waals surface area contributed by atoms with Crippen LogP contribution < -0.4 is 10.1 Å². The maximum atomic E-state index is 12.3. The predicted octanol–water partition coefficient (Wildman–Crippen LogP) is 3.01. The van der Waals surface area contributed by atoms with Crippen molar-refractivity contribution in [3.8, 4) is 5.75 Å². The van der Waals surface area contributed by atoms with Crippen molar-refractivity contribution < 1.29 is 9.53 Å². The van der Waals surface area contributed by atoms with Crippen molar-refractivity contribution in [3.05, 3.63) is 29.8 Å². The Morgan fingerprint density at radius 1 is 1.17 bits per heavy atom. The Morgan fingerprint density at radius 3 is 2.74 bits per heavy atom. The van der Waals surface area contributed by atoms with Crippen LogP contribution in [0, 0.1) is 0 Å². The molecule has 1 amide bonds. The Kier molecular flexibility index (Phi) is 7.95. The van der Waals surface area contributed by atoms with E-state index in [1.54, 1.807) is 0 Å². The van der Waals surface area contributed by atoms with Crippen molar-refractivity contribution in [2.24, 2.45) is 0 Å². The van der Waals surface area contributed by atoms with E-state index in [0.29, 0.717) is 6.42 Å². The van der Waals surface area contributed by atoms with E-state index >= 15 is 0 Å². The minimum Gasteiger partial charge on any atom is -0.493 e. The Bertz CT molecular complexity index is 470. The molecule has 128 valence electrons. The number of amides is 1. The van der Waals surface area contributed by atoms with Crippen LogP contribution in [0.4, 0.5) is 0 Å². The quantitative estimate of drug-likeness (QED) is 0.712. The molecule has 0 bridgehead atoms. The second-order valence-electron chi connectivity index (χ2n) is 6.15. The third-order valence-electron chi connectivity index (χ3n) is 4.31. The van der Waals surface area contributed by atoms with Crippen molar-refractivity contribution in [3.63, 3.8) is 0 Å². The lowest BCUT2D eigenvalue weighted by atomic mass is 10.1. The monoisotopic (exact) mass is 318 g/mol. The second kappa shape index (κ2) is 10.3. The highest BCUT2D eigenvalue weighted by Gasteiger charge is 2.16. The smallest absolute Gasteiger partial charge is 0.222 e. The molecule has 1 fully saturated rings. The second-order valence-corrected chi connectivity index (χ2v) is 6.15. The number of hydrogen-bond donors (Lipinski definition) is 1. The average molecular weight is 318 g/mol. The fourth-order valence-electron chi connectivity index (χ4n) is 2.88. The van der Waals surface area contributed by atoms with E-state index < -0.39 is 0 Å². The van der Waals surface area contributed by atoms with E-state index in [-0.39, 0.29) is 5.91 Å². The fourth-order valence-corrected chi connectivity index (χ4v) is 2.88. The van der Waals surface area contributed by atoms with Crippen LogP contribution in [-0.2, 0) is 11.2 Å². The number of hydrogen-bond acceptors (Lipinski definition) is 3. The third kappa shape index (κ3) is 6.22. The summed E-state index contributed by atoms with van der Waals surface area (Å²) in [6.07, 6.45) is 6.15. The first-order valence-corrected chi connectivity index (χ1v) is 9.00. The number of ether oxygens (including phenoxy) is 1. The van der Waals surface area contributed by atoms with Gasteiger partial charge in [-0.15, -0.1) is 0 Å². The average Bonchev–Trinajstić information content (AvgIpc) is 2.61. The van der Waals surface area contributed by atoms with E-state index in [0.717, 1.165) is 56.9 Å². The largest absolute Gasteiger partial charge is 0.493 e. The lowest BCUT2D eigenvalue weighted by Gasteiger charge is -2.27. The first-order valence-electron chi connectivity index (χ1n) is 9.00. The maximum absolute atomic E-state index is 12.3. The van der Waals surface area contributed by atoms with E-state index in [2.05, 4.69) is 18.3 Å². The van der Waals surface area contributed by atoms with Gasteiger partial charge in [-0.1, -0.05) is 44.4 Å². The number of aryl methyl sites for hydroxylation is 1. The molecule has 1 heterocycles. The zero-order valence-corrected chi connectivity index (χ0v) is 14.4. The van der Waals surface area contributed by atoms with E-state index in [9.17, 15) is 4.79 Å². The molecule has 0 unspecified atom stereocenters. The van der Waals surface area contributed by atoms with Gasteiger partial charge in [-0.2, -0.15) is 0 Å². The Labute approximate surface area is 140 Å².